The van der Waals surface area contributed by atoms with Crippen LogP contribution >= 0.6 is 15.9 Å². The summed E-state index contributed by atoms with van der Waals surface area (Å²) in [5, 5.41) is 15.5. The van der Waals surface area contributed by atoms with Crippen LogP contribution in [0.2, 0.25) is 0 Å². The summed E-state index contributed by atoms with van der Waals surface area (Å²) in [5.74, 6) is -0.0131. The van der Waals surface area contributed by atoms with Crippen LogP contribution in [-0.2, 0) is 4.79 Å². The molecule has 1 amide bonds. The Morgan fingerprint density at radius 3 is 2.83 bits per heavy atom. The van der Waals surface area contributed by atoms with Gasteiger partial charge in [0.1, 0.15) is 5.75 Å². The van der Waals surface area contributed by atoms with E-state index in [1.165, 1.54) is 0 Å². The molecule has 1 aromatic carbocycles. The lowest BCUT2D eigenvalue weighted by Crippen LogP contribution is -2.24. The number of rotatable bonds is 6. The zero-order valence-corrected chi connectivity index (χ0v) is 12.3. The van der Waals surface area contributed by atoms with Crippen molar-refractivity contribution in [1.29, 1.82) is 0 Å². The van der Waals surface area contributed by atoms with Crippen LogP contribution in [-0.4, -0.2) is 23.6 Å². The average molecular weight is 315 g/mol. The van der Waals surface area contributed by atoms with Crippen molar-refractivity contribution in [2.24, 2.45) is 0 Å². The minimum atomic E-state index is -0.0889. The van der Waals surface area contributed by atoms with Gasteiger partial charge in [-0.15, -0.1) is 0 Å². The number of anilines is 1. The first kappa shape index (κ1) is 15.0. The molecule has 0 aliphatic carbocycles. The van der Waals surface area contributed by atoms with Crippen LogP contribution in [0.3, 0.4) is 0 Å². The smallest absolute Gasteiger partial charge is 0.224 e. The highest BCUT2D eigenvalue weighted by Gasteiger charge is 2.06. The molecule has 3 N–H and O–H groups in total. The van der Waals surface area contributed by atoms with Crippen molar-refractivity contribution in [3.8, 4) is 5.75 Å². The highest BCUT2D eigenvalue weighted by atomic mass is 79.9. The minimum Gasteiger partial charge on any atom is -0.506 e. The second kappa shape index (κ2) is 7.38. The third-order valence-corrected chi connectivity index (χ3v) is 2.86. The molecule has 0 unspecified atom stereocenters. The summed E-state index contributed by atoms with van der Waals surface area (Å²) < 4.78 is 0.817. The Balaban J connectivity index is 2.38. The predicted molar refractivity (Wildman–Crippen MR) is 76.8 cm³/mol. The van der Waals surface area contributed by atoms with Crippen LogP contribution in [0.4, 0.5) is 5.69 Å². The molecule has 0 heterocycles. The number of nitrogens with one attached hydrogen (secondary N) is 2. The van der Waals surface area contributed by atoms with Gasteiger partial charge in [-0.3, -0.25) is 4.79 Å². The first-order chi connectivity index (χ1) is 8.49. The van der Waals surface area contributed by atoms with E-state index in [0.29, 0.717) is 18.2 Å². The maximum atomic E-state index is 11.7. The zero-order chi connectivity index (χ0) is 13.5. The van der Waals surface area contributed by atoms with Crippen LogP contribution in [0.1, 0.15) is 26.7 Å². The van der Waals surface area contributed by atoms with Crippen LogP contribution in [0.5, 0.6) is 5.75 Å². The van der Waals surface area contributed by atoms with E-state index in [1.54, 1.807) is 18.2 Å². The topological polar surface area (TPSA) is 61.4 Å². The first-order valence-corrected chi connectivity index (χ1v) is 6.80. The fourth-order valence-electron chi connectivity index (χ4n) is 1.46. The second-order valence-electron chi connectivity index (χ2n) is 4.42. The average Bonchev–Trinajstić information content (AvgIpc) is 2.29. The number of carbonyl (C=O) groups excluding carboxylic acids is 1. The van der Waals surface area contributed by atoms with Gasteiger partial charge in [-0.2, -0.15) is 0 Å². The number of phenolic OH excluding ortho intramolecular Hbond substituents is 1. The number of hydrogen-bond acceptors (Lipinski definition) is 3. The number of phenols is 1. The van der Waals surface area contributed by atoms with Crippen molar-refractivity contribution in [1.82, 2.24) is 5.32 Å². The number of carbonyl (C=O) groups is 1. The van der Waals surface area contributed by atoms with E-state index in [4.69, 9.17) is 0 Å². The number of halogens is 1. The number of aromatic hydroxyl groups is 1. The summed E-state index contributed by atoms with van der Waals surface area (Å²) in [4.78, 5) is 11.7. The number of hydrogen-bond donors (Lipinski definition) is 3. The molecular weight excluding hydrogens is 296 g/mol. The molecule has 5 heteroatoms. The highest BCUT2D eigenvalue weighted by Crippen LogP contribution is 2.26. The summed E-state index contributed by atoms with van der Waals surface area (Å²) in [6.45, 7) is 4.95. The van der Waals surface area contributed by atoms with Gasteiger partial charge in [0.15, 0.2) is 0 Å². The molecule has 100 valence electrons. The molecule has 0 aliphatic heterocycles. The molecule has 18 heavy (non-hydrogen) atoms. The quantitative estimate of drug-likeness (QED) is 0.559. The van der Waals surface area contributed by atoms with Crippen LogP contribution in [0, 0.1) is 0 Å². The molecule has 1 aromatic rings. The normalized spacial score (nSPS) is 10.7. The summed E-state index contributed by atoms with van der Waals surface area (Å²) in [7, 11) is 0. The van der Waals surface area contributed by atoms with Crippen molar-refractivity contribution in [3.63, 3.8) is 0 Å². The molecule has 4 nitrogen and oxygen atoms in total. The van der Waals surface area contributed by atoms with Crippen LogP contribution in [0.25, 0.3) is 0 Å². The lowest BCUT2D eigenvalue weighted by Gasteiger charge is -2.09. The molecule has 0 bridgehead atoms. The minimum absolute atomic E-state index is 0.0758. The van der Waals surface area contributed by atoms with E-state index < -0.39 is 0 Å². The van der Waals surface area contributed by atoms with E-state index >= 15 is 0 Å². The van der Waals surface area contributed by atoms with Gasteiger partial charge in [0.2, 0.25) is 5.91 Å². The van der Waals surface area contributed by atoms with Crippen LogP contribution < -0.4 is 10.6 Å². The molecule has 0 aliphatic rings. The van der Waals surface area contributed by atoms with Gasteiger partial charge < -0.3 is 15.7 Å². The summed E-state index contributed by atoms with van der Waals surface area (Å²) in [6.07, 6.45) is 1.21. The van der Waals surface area contributed by atoms with E-state index in [1.807, 2.05) is 0 Å². The zero-order valence-electron chi connectivity index (χ0n) is 10.7. The van der Waals surface area contributed by atoms with E-state index in [2.05, 4.69) is 40.4 Å². The monoisotopic (exact) mass is 314 g/mol. The SMILES string of the molecule is CC(C)NCCCC(=O)Nc1cc(Br)ccc1O. The summed E-state index contributed by atoms with van der Waals surface area (Å²) >= 11 is 3.29. The molecule has 0 saturated heterocycles. The van der Waals surface area contributed by atoms with Crippen LogP contribution in [0.15, 0.2) is 22.7 Å². The largest absolute Gasteiger partial charge is 0.506 e. The fourth-order valence-corrected chi connectivity index (χ4v) is 1.82. The summed E-state index contributed by atoms with van der Waals surface area (Å²) in [6, 6.07) is 5.37. The van der Waals surface area contributed by atoms with Gasteiger partial charge in [0, 0.05) is 16.9 Å². The van der Waals surface area contributed by atoms with E-state index in [0.717, 1.165) is 17.4 Å². The van der Waals surface area contributed by atoms with E-state index in [-0.39, 0.29) is 11.7 Å². The molecule has 0 aromatic heterocycles. The van der Waals surface area contributed by atoms with Crippen molar-refractivity contribution >= 4 is 27.5 Å². The predicted octanol–water partition coefficient (Wildman–Crippen LogP) is 2.87. The molecular formula is C13H19BrN2O2. The lowest BCUT2D eigenvalue weighted by molar-refractivity contribution is -0.116. The number of benzene rings is 1. The Labute approximate surface area is 116 Å². The maximum absolute atomic E-state index is 11.7. The molecule has 0 atom stereocenters. The van der Waals surface area contributed by atoms with Gasteiger partial charge in [-0.25, -0.2) is 0 Å². The molecule has 1 rings (SSSR count). The van der Waals surface area contributed by atoms with Gasteiger partial charge in [0.05, 0.1) is 5.69 Å². The Hall–Kier alpha value is -1.07. The van der Waals surface area contributed by atoms with Gasteiger partial charge in [0.25, 0.3) is 0 Å². The van der Waals surface area contributed by atoms with Gasteiger partial charge >= 0.3 is 0 Å². The van der Waals surface area contributed by atoms with Crippen molar-refractivity contribution < 1.29 is 9.90 Å². The van der Waals surface area contributed by atoms with Gasteiger partial charge in [-0.1, -0.05) is 29.8 Å². The Morgan fingerprint density at radius 1 is 1.44 bits per heavy atom. The molecule has 0 fully saturated rings. The third-order valence-electron chi connectivity index (χ3n) is 2.37. The second-order valence-corrected chi connectivity index (χ2v) is 5.34. The Kier molecular flexibility index (Phi) is 6.15. The molecule has 0 spiro atoms. The lowest BCUT2D eigenvalue weighted by atomic mass is 10.2. The summed E-state index contributed by atoms with van der Waals surface area (Å²) in [5.41, 5.74) is 0.436. The Morgan fingerprint density at radius 2 is 2.17 bits per heavy atom. The third kappa shape index (κ3) is 5.51. The molecule has 0 saturated carbocycles. The Bertz CT molecular complexity index is 408. The van der Waals surface area contributed by atoms with Gasteiger partial charge in [-0.05, 0) is 31.2 Å². The maximum Gasteiger partial charge on any atom is 0.224 e. The number of amides is 1. The highest BCUT2D eigenvalue weighted by molar-refractivity contribution is 9.10. The van der Waals surface area contributed by atoms with Crippen molar-refractivity contribution in [3.05, 3.63) is 22.7 Å². The fraction of sp³-hybridized carbons (Fsp3) is 0.462. The van der Waals surface area contributed by atoms with E-state index in [9.17, 15) is 9.90 Å². The standard InChI is InChI=1S/C13H19BrN2O2/c1-9(2)15-7-3-4-13(18)16-11-8-10(14)5-6-12(11)17/h5-6,8-9,15,17H,3-4,7H2,1-2H3,(H,16,18). The first-order valence-electron chi connectivity index (χ1n) is 6.01. The van der Waals surface area contributed by atoms with Crippen molar-refractivity contribution in [2.45, 2.75) is 32.7 Å². The molecule has 0 radical (unpaired) electrons. The van der Waals surface area contributed by atoms with Crippen molar-refractivity contribution in [2.75, 3.05) is 11.9 Å².